The summed E-state index contributed by atoms with van der Waals surface area (Å²) in [6, 6.07) is 0. The number of carbonyl (C=O) groups excluding carboxylic acids is 2. The van der Waals surface area contributed by atoms with E-state index in [0.717, 1.165) is 38.5 Å². The third kappa shape index (κ3) is 27.5. The molecule has 0 bridgehead atoms. The lowest BCUT2D eigenvalue weighted by Crippen LogP contribution is -2.50. The van der Waals surface area contributed by atoms with Crippen LogP contribution < -0.4 is 0 Å². The van der Waals surface area contributed by atoms with Crippen molar-refractivity contribution in [3.63, 3.8) is 0 Å². The minimum absolute atomic E-state index is 0.0656. The second-order valence-corrected chi connectivity index (χ2v) is 15.7. The summed E-state index contributed by atoms with van der Waals surface area (Å²) in [6.45, 7) is 5.14. The van der Waals surface area contributed by atoms with Gasteiger partial charge in [0.25, 0.3) is 0 Å². The molecule has 1 N–H and O–H groups in total. The van der Waals surface area contributed by atoms with Gasteiger partial charge in [0.15, 0.2) is 11.6 Å². The molecule has 292 valence electrons. The van der Waals surface area contributed by atoms with Gasteiger partial charge in [-0.15, -0.1) is 0 Å². The number of ketones is 2. The van der Waals surface area contributed by atoms with Gasteiger partial charge in [0.2, 0.25) is 5.60 Å². The first kappa shape index (κ1) is 48.2. The van der Waals surface area contributed by atoms with E-state index < -0.39 is 40.8 Å². The Kier molecular flexibility index (Phi) is 33.7. The maximum absolute atomic E-state index is 13.5. The Bertz CT molecular complexity index is 812. The molecular weight excluding hydrogens is 637 g/mol. The summed E-state index contributed by atoms with van der Waals surface area (Å²) in [5, 5.41) is 9.03. The zero-order valence-corrected chi connectivity index (χ0v) is 33.4. The number of hydrogen-bond acceptors (Lipinski definition) is 7. The van der Waals surface area contributed by atoms with Gasteiger partial charge in [0.05, 0.1) is 13.2 Å². The van der Waals surface area contributed by atoms with E-state index in [2.05, 4.69) is 13.8 Å². The highest BCUT2D eigenvalue weighted by molar-refractivity contribution is 7.82. The molecule has 0 fully saturated rings. The Hall–Kier alpha value is -0.830. The van der Waals surface area contributed by atoms with Crippen molar-refractivity contribution < 1.29 is 31.5 Å². The Morgan fingerprint density at radius 2 is 0.735 bits per heavy atom. The normalized spacial score (nSPS) is 12.2. The summed E-state index contributed by atoms with van der Waals surface area (Å²) in [5.41, 5.74) is -2.06. The summed E-state index contributed by atoms with van der Waals surface area (Å²) >= 11 is 0. The highest BCUT2D eigenvalue weighted by Crippen LogP contribution is 2.28. The van der Waals surface area contributed by atoms with E-state index >= 15 is 0 Å². The first-order valence-electron chi connectivity index (χ1n) is 21.1. The molecule has 0 saturated heterocycles. The first-order valence-corrected chi connectivity index (χ1v) is 22.4. The lowest BCUT2D eigenvalue weighted by atomic mass is 9.85. The van der Waals surface area contributed by atoms with Crippen LogP contribution in [0.25, 0.3) is 0 Å². The van der Waals surface area contributed by atoms with Crippen molar-refractivity contribution >= 4 is 22.0 Å². The maximum Gasteiger partial charge on any atom is 0.401 e. The van der Waals surface area contributed by atoms with Crippen molar-refractivity contribution in [1.29, 1.82) is 0 Å². The van der Waals surface area contributed by atoms with Crippen LogP contribution >= 0.6 is 0 Å². The zero-order chi connectivity index (χ0) is 36.3. The molecule has 0 atom stereocenters. The molecule has 0 aliphatic rings. The summed E-state index contributed by atoms with van der Waals surface area (Å²) in [4.78, 5) is 26.9. The van der Waals surface area contributed by atoms with Crippen molar-refractivity contribution in [3.8, 4) is 0 Å². The second kappa shape index (κ2) is 34.3. The molecule has 8 heteroatoms. The number of hydrogen-bond donors (Lipinski definition) is 1. The Labute approximate surface area is 304 Å². The predicted molar refractivity (Wildman–Crippen MR) is 205 cm³/mol. The number of aliphatic hydroxyl groups is 1. The molecule has 0 aliphatic heterocycles. The summed E-state index contributed by atoms with van der Waals surface area (Å²) < 4.78 is 35.1. The molecule has 7 nitrogen and oxygen atoms in total. The Morgan fingerprint density at radius 3 is 0.980 bits per heavy atom. The average Bonchev–Trinajstić information content (AvgIpc) is 3.09. The molecule has 0 unspecified atom stereocenters. The summed E-state index contributed by atoms with van der Waals surface area (Å²) in [6.07, 6.45) is 36.5. The fourth-order valence-electron chi connectivity index (χ4n) is 6.76. The summed E-state index contributed by atoms with van der Waals surface area (Å²) in [5.74, 6) is -0.960. The molecule has 0 aromatic heterocycles. The van der Waals surface area contributed by atoms with Crippen molar-refractivity contribution in [2.24, 2.45) is 0 Å². The third-order valence-corrected chi connectivity index (χ3v) is 10.9. The van der Waals surface area contributed by atoms with Crippen LogP contribution in [0.2, 0.25) is 0 Å². The Morgan fingerprint density at radius 1 is 0.469 bits per heavy atom. The Balaban J connectivity index is 4.44. The third-order valence-electron chi connectivity index (χ3n) is 9.98. The van der Waals surface area contributed by atoms with Crippen molar-refractivity contribution in [3.05, 3.63) is 0 Å². The fraction of sp³-hybridized carbons (Fsp3) is 0.951. The van der Waals surface area contributed by atoms with Gasteiger partial charge in [-0.3, -0.25) is 9.59 Å². The number of unbranched alkanes of at least 4 members (excludes halogenated alkanes) is 28. The molecule has 0 aromatic carbocycles. The van der Waals surface area contributed by atoms with Crippen LogP contribution in [-0.2, 0) is 28.4 Å². The monoisotopic (exact) mass is 717 g/mol. The van der Waals surface area contributed by atoms with E-state index in [1.165, 1.54) is 141 Å². The minimum Gasteiger partial charge on any atom is -0.394 e. The maximum atomic E-state index is 13.5. The van der Waals surface area contributed by atoms with E-state index in [4.69, 9.17) is 13.5 Å². The smallest absolute Gasteiger partial charge is 0.394 e. The van der Waals surface area contributed by atoms with Gasteiger partial charge in [0.1, 0.15) is 0 Å². The van der Waals surface area contributed by atoms with Gasteiger partial charge < -0.3 is 5.11 Å². The van der Waals surface area contributed by atoms with Crippen molar-refractivity contribution in [1.82, 2.24) is 0 Å². The van der Waals surface area contributed by atoms with Gasteiger partial charge in [0, 0.05) is 12.8 Å². The van der Waals surface area contributed by atoms with Crippen LogP contribution in [0.3, 0.4) is 0 Å². The molecule has 0 spiro atoms. The van der Waals surface area contributed by atoms with Crippen LogP contribution in [-0.4, -0.2) is 43.9 Å². The zero-order valence-electron chi connectivity index (χ0n) is 32.6. The van der Waals surface area contributed by atoms with Crippen molar-refractivity contribution in [2.45, 2.75) is 238 Å². The summed E-state index contributed by atoms with van der Waals surface area (Å²) in [7, 11) is -4.62. The van der Waals surface area contributed by atoms with Crippen LogP contribution in [0.5, 0.6) is 0 Å². The molecule has 0 heterocycles. The quantitative estimate of drug-likeness (QED) is 0.0497. The number of rotatable bonds is 40. The van der Waals surface area contributed by atoms with E-state index in [-0.39, 0.29) is 19.3 Å². The predicted octanol–water partition coefficient (Wildman–Crippen LogP) is 12.1. The molecule has 0 rings (SSSR count). The van der Waals surface area contributed by atoms with Gasteiger partial charge in [-0.1, -0.05) is 201 Å². The van der Waals surface area contributed by atoms with Crippen LogP contribution in [0.15, 0.2) is 0 Å². The van der Waals surface area contributed by atoms with Crippen LogP contribution in [0, 0.1) is 0 Å². The highest BCUT2D eigenvalue weighted by atomic mass is 32.3. The average molecular weight is 717 g/mol. The van der Waals surface area contributed by atoms with E-state index in [1.54, 1.807) is 6.92 Å². The lowest BCUT2D eigenvalue weighted by molar-refractivity contribution is -0.149. The van der Waals surface area contributed by atoms with Gasteiger partial charge in [-0.2, -0.15) is 8.42 Å². The van der Waals surface area contributed by atoms with Gasteiger partial charge in [-0.05, 0) is 19.3 Å². The van der Waals surface area contributed by atoms with Gasteiger partial charge >= 0.3 is 10.4 Å². The second-order valence-electron chi connectivity index (χ2n) is 14.5. The minimum atomic E-state index is -4.62. The molecule has 49 heavy (non-hydrogen) atoms. The molecule has 0 amide bonds. The fourth-order valence-corrected chi connectivity index (χ4v) is 7.74. The number of aliphatic hydroxyl groups excluding tert-OH is 1. The van der Waals surface area contributed by atoms with E-state index in [9.17, 15) is 18.0 Å². The SMILES string of the molecule is CCCCCCCCCCCCCCCCCC(=O)C(CC)(OS(=O)(=O)OCCO)C(=O)CCCCCCCCCCCCCCCCC. The molecule has 0 saturated carbocycles. The van der Waals surface area contributed by atoms with Crippen molar-refractivity contribution in [2.75, 3.05) is 13.2 Å². The standard InChI is InChI=1S/C41H80O7S/c1-4-7-9-11-13-15-17-19-21-23-25-27-29-31-33-35-39(43)41(6-3,48-49(45,46)47-38-37-42)40(44)36-34-32-30-28-26-24-22-20-18-16-14-12-10-8-5-2/h42H,4-38H2,1-3H3. The first-order chi connectivity index (χ1) is 23.8. The highest BCUT2D eigenvalue weighted by Gasteiger charge is 2.48. The molecular formula is C41H80O7S. The van der Waals surface area contributed by atoms with Crippen LogP contribution in [0.4, 0.5) is 0 Å². The van der Waals surface area contributed by atoms with E-state index in [0.29, 0.717) is 12.8 Å². The molecule has 0 radical (unpaired) electrons. The number of carbonyl (C=O) groups is 2. The van der Waals surface area contributed by atoms with Gasteiger partial charge in [-0.25, -0.2) is 8.37 Å². The molecule has 0 aromatic rings. The largest absolute Gasteiger partial charge is 0.401 e. The van der Waals surface area contributed by atoms with E-state index in [1.807, 2.05) is 0 Å². The molecule has 0 aliphatic carbocycles. The topological polar surface area (TPSA) is 107 Å². The lowest BCUT2D eigenvalue weighted by Gasteiger charge is -2.29. The number of Topliss-reactive ketones (excluding diaryl/α,β-unsaturated/α-hetero) is 2. The van der Waals surface area contributed by atoms with Crippen LogP contribution in [0.1, 0.15) is 233 Å².